The van der Waals surface area contributed by atoms with Crippen molar-refractivity contribution < 1.29 is 0 Å². The van der Waals surface area contributed by atoms with Crippen molar-refractivity contribution >= 4 is 12.4 Å². The van der Waals surface area contributed by atoms with Gasteiger partial charge in [0.2, 0.25) is 0 Å². The van der Waals surface area contributed by atoms with E-state index in [9.17, 15) is 0 Å². The molecular weight excluding hydrogens is 274 g/mol. The van der Waals surface area contributed by atoms with Crippen LogP contribution in [0.5, 0.6) is 0 Å². The minimum absolute atomic E-state index is 0. The predicted octanol–water partition coefficient (Wildman–Crippen LogP) is 2.70. The lowest BCUT2D eigenvalue weighted by atomic mass is 10.2. The van der Waals surface area contributed by atoms with Crippen LogP contribution in [-0.2, 0) is 19.6 Å². The Hall–Kier alpha value is -1.33. The van der Waals surface area contributed by atoms with Crippen LogP contribution in [-0.4, -0.2) is 19.6 Å². The van der Waals surface area contributed by atoms with Gasteiger partial charge in [-0.05, 0) is 33.8 Å². The van der Waals surface area contributed by atoms with Gasteiger partial charge in [-0.3, -0.25) is 9.36 Å². The highest BCUT2D eigenvalue weighted by atomic mass is 35.5. The van der Waals surface area contributed by atoms with Gasteiger partial charge in [0.1, 0.15) is 0 Å². The molecule has 0 aliphatic rings. The molecule has 2 aromatic rings. The summed E-state index contributed by atoms with van der Waals surface area (Å²) in [6, 6.07) is 2.48. The zero-order valence-electron chi connectivity index (χ0n) is 12.6. The van der Waals surface area contributed by atoms with Crippen LogP contribution in [0.3, 0.4) is 0 Å². The van der Waals surface area contributed by atoms with Crippen molar-refractivity contribution in [3.8, 4) is 0 Å². The van der Waals surface area contributed by atoms with Crippen molar-refractivity contribution in [2.24, 2.45) is 0 Å². The number of rotatable bonds is 6. The maximum absolute atomic E-state index is 4.52. The molecule has 0 bridgehead atoms. The molecule has 0 saturated heterocycles. The Bertz CT molecular complexity index is 529. The van der Waals surface area contributed by atoms with Gasteiger partial charge in [-0.15, -0.1) is 12.4 Å². The number of nitrogens with zero attached hydrogens (tertiary/aromatic N) is 4. The van der Waals surface area contributed by atoms with E-state index in [1.807, 2.05) is 15.6 Å². The second-order valence-electron chi connectivity index (χ2n) is 5.08. The Morgan fingerprint density at radius 3 is 2.55 bits per heavy atom. The van der Waals surface area contributed by atoms with Crippen LogP contribution in [0.25, 0.3) is 0 Å². The third-order valence-electron chi connectivity index (χ3n) is 3.19. The zero-order valence-corrected chi connectivity index (χ0v) is 13.4. The molecule has 2 aromatic heterocycles. The van der Waals surface area contributed by atoms with E-state index in [0.29, 0.717) is 6.04 Å². The molecule has 0 amide bonds. The first kappa shape index (κ1) is 16.7. The van der Waals surface area contributed by atoms with E-state index >= 15 is 0 Å². The van der Waals surface area contributed by atoms with E-state index in [1.54, 1.807) is 0 Å². The maximum Gasteiger partial charge on any atom is 0.0762 e. The summed E-state index contributed by atoms with van der Waals surface area (Å²) in [5, 5.41) is 12.4. The van der Waals surface area contributed by atoms with Crippen LogP contribution in [0.4, 0.5) is 0 Å². The lowest BCUT2D eigenvalue weighted by molar-refractivity contribution is 0.521. The molecule has 1 N–H and O–H groups in total. The molecule has 2 rings (SSSR count). The van der Waals surface area contributed by atoms with E-state index in [4.69, 9.17) is 0 Å². The Morgan fingerprint density at radius 2 is 2.00 bits per heavy atom. The minimum Gasteiger partial charge on any atom is -0.307 e. The summed E-state index contributed by atoms with van der Waals surface area (Å²) < 4.78 is 3.96. The summed E-state index contributed by atoms with van der Waals surface area (Å²) in [6.45, 7) is 11.0. The van der Waals surface area contributed by atoms with Crippen molar-refractivity contribution in [3.63, 3.8) is 0 Å². The van der Waals surface area contributed by atoms with E-state index in [1.165, 1.54) is 5.56 Å². The first-order valence-electron chi connectivity index (χ1n) is 6.87. The van der Waals surface area contributed by atoms with Gasteiger partial charge >= 0.3 is 0 Å². The molecule has 0 radical (unpaired) electrons. The number of aromatic nitrogens is 4. The smallest absolute Gasteiger partial charge is 0.0762 e. The molecule has 0 aliphatic carbocycles. The average Bonchev–Trinajstić information content (AvgIpc) is 2.97. The lowest BCUT2D eigenvalue weighted by Gasteiger charge is -2.04. The summed E-state index contributed by atoms with van der Waals surface area (Å²) in [5.74, 6) is 0. The van der Waals surface area contributed by atoms with Crippen LogP contribution in [0, 0.1) is 6.92 Å². The fourth-order valence-electron chi connectivity index (χ4n) is 1.98. The van der Waals surface area contributed by atoms with E-state index in [0.717, 1.165) is 31.0 Å². The topological polar surface area (TPSA) is 47.7 Å². The standard InChI is InChI=1S/C14H23N5.ClH/c1-5-18-10-13(12(4)16-18)8-15-9-14-6-7-19(17-14)11(2)3;/h6-7,10-11,15H,5,8-9H2,1-4H3;1H. The highest BCUT2D eigenvalue weighted by Gasteiger charge is 2.05. The molecule has 5 nitrogen and oxygen atoms in total. The largest absolute Gasteiger partial charge is 0.307 e. The minimum atomic E-state index is 0. The fraction of sp³-hybridized carbons (Fsp3) is 0.571. The second kappa shape index (κ2) is 7.45. The van der Waals surface area contributed by atoms with Crippen LogP contribution < -0.4 is 5.32 Å². The molecule has 0 unspecified atom stereocenters. The monoisotopic (exact) mass is 297 g/mol. The predicted molar refractivity (Wildman–Crippen MR) is 83.0 cm³/mol. The Kier molecular flexibility index (Phi) is 6.23. The average molecular weight is 298 g/mol. The van der Waals surface area contributed by atoms with Gasteiger partial charge in [-0.1, -0.05) is 0 Å². The number of nitrogens with one attached hydrogen (secondary N) is 1. The SMILES string of the molecule is CCn1cc(CNCc2ccn(C(C)C)n2)c(C)n1.Cl. The van der Waals surface area contributed by atoms with Gasteiger partial charge in [0.15, 0.2) is 0 Å². The number of halogens is 1. The second-order valence-corrected chi connectivity index (χ2v) is 5.08. The van der Waals surface area contributed by atoms with Crippen molar-refractivity contribution in [1.82, 2.24) is 24.9 Å². The van der Waals surface area contributed by atoms with Gasteiger partial charge in [-0.2, -0.15) is 10.2 Å². The van der Waals surface area contributed by atoms with E-state index in [2.05, 4.69) is 55.5 Å². The summed E-state index contributed by atoms with van der Waals surface area (Å²) >= 11 is 0. The van der Waals surface area contributed by atoms with E-state index < -0.39 is 0 Å². The van der Waals surface area contributed by atoms with Gasteiger partial charge in [-0.25, -0.2) is 0 Å². The van der Waals surface area contributed by atoms with Crippen molar-refractivity contribution in [2.75, 3.05) is 0 Å². The van der Waals surface area contributed by atoms with Gasteiger partial charge in [0, 0.05) is 43.6 Å². The summed E-state index contributed by atoms with van der Waals surface area (Å²) in [4.78, 5) is 0. The number of hydrogen-bond acceptors (Lipinski definition) is 3. The molecule has 2 heterocycles. The molecule has 0 aliphatic heterocycles. The highest BCUT2D eigenvalue weighted by molar-refractivity contribution is 5.85. The van der Waals surface area contributed by atoms with Crippen molar-refractivity contribution in [3.05, 3.63) is 35.4 Å². The molecule has 20 heavy (non-hydrogen) atoms. The van der Waals surface area contributed by atoms with Gasteiger partial charge < -0.3 is 5.32 Å². The molecule has 0 fully saturated rings. The molecule has 0 spiro atoms. The van der Waals surface area contributed by atoms with Crippen molar-refractivity contribution in [2.45, 2.75) is 53.4 Å². The maximum atomic E-state index is 4.52. The van der Waals surface area contributed by atoms with Crippen LogP contribution in [0.2, 0.25) is 0 Å². The summed E-state index contributed by atoms with van der Waals surface area (Å²) in [5.41, 5.74) is 3.43. The molecule has 0 aromatic carbocycles. The summed E-state index contributed by atoms with van der Waals surface area (Å²) in [6.07, 6.45) is 4.14. The van der Waals surface area contributed by atoms with Gasteiger partial charge in [0.05, 0.1) is 11.4 Å². The number of aryl methyl sites for hydroxylation is 2. The van der Waals surface area contributed by atoms with Crippen molar-refractivity contribution in [1.29, 1.82) is 0 Å². The molecule has 0 atom stereocenters. The molecule has 0 saturated carbocycles. The quantitative estimate of drug-likeness (QED) is 0.892. The van der Waals surface area contributed by atoms with E-state index in [-0.39, 0.29) is 12.4 Å². The Balaban J connectivity index is 0.00000200. The first-order valence-corrected chi connectivity index (χ1v) is 6.87. The highest BCUT2D eigenvalue weighted by Crippen LogP contribution is 2.07. The summed E-state index contributed by atoms with van der Waals surface area (Å²) in [7, 11) is 0. The fourth-order valence-corrected chi connectivity index (χ4v) is 1.98. The molecular formula is C14H24ClN5. The third kappa shape index (κ3) is 4.08. The molecule has 6 heteroatoms. The van der Waals surface area contributed by atoms with Crippen LogP contribution in [0.15, 0.2) is 18.5 Å². The molecule has 112 valence electrons. The Morgan fingerprint density at radius 1 is 1.25 bits per heavy atom. The van der Waals surface area contributed by atoms with Crippen LogP contribution >= 0.6 is 12.4 Å². The first-order chi connectivity index (χ1) is 9.10. The van der Waals surface area contributed by atoms with Gasteiger partial charge in [0.25, 0.3) is 0 Å². The van der Waals surface area contributed by atoms with Crippen LogP contribution in [0.1, 0.15) is 43.8 Å². The Labute approximate surface area is 126 Å². The number of hydrogen-bond donors (Lipinski definition) is 1. The third-order valence-corrected chi connectivity index (χ3v) is 3.19. The lowest BCUT2D eigenvalue weighted by Crippen LogP contribution is -2.14. The normalized spacial score (nSPS) is 10.8. The zero-order chi connectivity index (χ0) is 13.8.